The number of fused-ring (bicyclic) bond motifs is 1. The zero-order chi connectivity index (χ0) is 21.1. The zero-order valence-corrected chi connectivity index (χ0v) is 16.7. The molecule has 0 unspecified atom stereocenters. The van der Waals surface area contributed by atoms with E-state index in [2.05, 4.69) is 15.6 Å². The summed E-state index contributed by atoms with van der Waals surface area (Å²) >= 11 is 5.19. The van der Waals surface area contributed by atoms with Gasteiger partial charge in [0.15, 0.2) is 10.7 Å². The highest BCUT2D eigenvalue weighted by Crippen LogP contribution is 2.33. The van der Waals surface area contributed by atoms with E-state index in [0.29, 0.717) is 39.6 Å². The Morgan fingerprint density at radius 3 is 2.57 bits per heavy atom. The average molecular weight is 419 g/mol. The fraction of sp³-hybridized carbons (Fsp3) is 0.0455. The van der Waals surface area contributed by atoms with E-state index >= 15 is 0 Å². The molecule has 1 aromatic heterocycles. The molecule has 0 aliphatic carbocycles. The van der Waals surface area contributed by atoms with Gasteiger partial charge in [-0.15, -0.1) is 0 Å². The van der Waals surface area contributed by atoms with Gasteiger partial charge in [-0.1, -0.05) is 12.1 Å². The molecule has 1 amide bonds. The van der Waals surface area contributed by atoms with Crippen LogP contribution in [0.2, 0.25) is 0 Å². The first kappa shape index (κ1) is 19.4. The summed E-state index contributed by atoms with van der Waals surface area (Å²) in [5, 5.41) is 16.0. The standard InChI is InChI=1S/C22H17N3O4S/c1-28-15-9-6-13(7-10-15)20(27)25-22(30)23-14-8-11-16(18(26)12-14)21-24-17-4-2-3-5-19(17)29-21/h2-12,26H,1H3,(H2,23,25,27,30). The second-order valence-electron chi connectivity index (χ2n) is 6.36. The van der Waals surface area contributed by atoms with Gasteiger partial charge in [0.1, 0.15) is 17.0 Å². The minimum atomic E-state index is -0.359. The van der Waals surface area contributed by atoms with Crippen LogP contribution in [0.25, 0.3) is 22.6 Å². The molecular formula is C22H17N3O4S. The van der Waals surface area contributed by atoms with Gasteiger partial charge in [0, 0.05) is 17.3 Å². The quantitative estimate of drug-likeness (QED) is 0.424. The SMILES string of the molecule is COc1ccc(C(=O)NC(=S)Nc2ccc(-c3nc4ccccc4o3)c(O)c2)cc1. The number of aromatic nitrogens is 1. The number of nitrogens with zero attached hydrogens (tertiary/aromatic N) is 1. The summed E-state index contributed by atoms with van der Waals surface area (Å²) < 4.78 is 10.8. The largest absolute Gasteiger partial charge is 0.507 e. The molecule has 0 aliphatic rings. The van der Waals surface area contributed by atoms with E-state index in [1.54, 1.807) is 43.5 Å². The molecule has 1 heterocycles. The molecule has 8 heteroatoms. The molecule has 150 valence electrons. The first-order valence-electron chi connectivity index (χ1n) is 8.99. The average Bonchev–Trinajstić information content (AvgIpc) is 3.17. The van der Waals surface area contributed by atoms with Crippen molar-refractivity contribution in [2.24, 2.45) is 0 Å². The number of phenolic OH excluding ortho intramolecular Hbond substituents is 1. The molecule has 0 atom stereocenters. The van der Waals surface area contributed by atoms with Crippen LogP contribution in [0.1, 0.15) is 10.4 Å². The van der Waals surface area contributed by atoms with Crippen LogP contribution >= 0.6 is 12.2 Å². The molecular weight excluding hydrogens is 402 g/mol. The van der Waals surface area contributed by atoms with E-state index in [-0.39, 0.29) is 16.8 Å². The maximum absolute atomic E-state index is 12.3. The smallest absolute Gasteiger partial charge is 0.257 e. The fourth-order valence-electron chi connectivity index (χ4n) is 2.86. The third-order valence-electron chi connectivity index (χ3n) is 4.36. The van der Waals surface area contributed by atoms with Gasteiger partial charge in [-0.2, -0.15) is 0 Å². The van der Waals surface area contributed by atoms with Crippen LogP contribution < -0.4 is 15.4 Å². The minimum Gasteiger partial charge on any atom is -0.507 e. The molecule has 0 aliphatic heterocycles. The van der Waals surface area contributed by atoms with E-state index in [9.17, 15) is 9.90 Å². The third-order valence-corrected chi connectivity index (χ3v) is 4.56. The monoisotopic (exact) mass is 419 g/mol. The molecule has 0 spiro atoms. The minimum absolute atomic E-state index is 0.0316. The van der Waals surface area contributed by atoms with Gasteiger partial charge in [0.05, 0.1) is 12.7 Å². The highest BCUT2D eigenvalue weighted by Gasteiger charge is 2.14. The Morgan fingerprint density at radius 1 is 1.10 bits per heavy atom. The number of hydrogen-bond acceptors (Lipinski definition) is 6. The number of ether oxygens (including phenoxy) is 1. The van der Waals surface area contributed by atoms with Crippen LogP contribution in [0, 0.1) is 0 Å². The molecule has 30 heavy (non-hydrogen) atoms. The van der Waals surface area contributed by atoms with Crippen LogP contribution in [-0.2, 0) is 0 Å². The van der Waals surface area contributed by atoms with E-state index < -0.39 is 0 Å². The summed E-state index contributed by atoms with van der Waals surface area (Å²) in [5.74, 6) is 0.579. The molecule has 0 radical (unpaired) electrons. The Labute approximate surface area is 177 Å². The van der Waals surface area contributed by atoms with E-state index in [0.717, 1.165) is 0 Å². The molecule has 4 rings (SSSR count). The number of para-hydroxylation sites is 2. The van der Waals surface area contributed by atoms with Gasteiger partial charge >= 0.3 is 0 Å². The lowest BCUT2D eigenvalue weighted by Gasteiger charge is -2.11. The lowest BCUT2D eigenvalue weighted by Crippen LogP contribution is -2.34. The highest BCUT2D eigenvalue weighted by molar-refractivity contribution is 7.80. The number of oxazole rings is 1. The highest BCUT2D eigenvalue weighted by atomic mass is 32.1. The summed E-state index contributed by atoms with van der Waals surface area (Å²) in [7, 11) is 1.55. The molecule has 7 nitrogen and oxygen atoms in total. The first-order chi connectivity index (χ1) is 14.5. The number of nitrogens with one attached hydrogen (secondary N) is 2. The van der Waals surface area contributed by atoms with Crippen LogP contribution in [0.4, 0.5) is 5.69 Å². The van der Waals surface area contributed by atoms with Crippen molar-refractivity contribution >= 4 is 40.0 Å². The van der Waals surface area contributed by atoms with Crippen molar-refractivity contribution in [2.75, 3.05) is 12.4 Å². The van der Waals surface area contributed by atoms with Crippen molar-refractivity contribution in [3.63, 3.8) is 0 Å². The topological polar surface area (TPSA) is 96.6 Å². The number of anilines is 1. The first-order valence-corrected chi connectivity index (χ1v) is 9.39. The van der Waals surface area contributed by atoms with Crippen LogP contribution in [0.5, 0.6) is 11.5 Å². The maximum Gasteiger partial charge on any atom is 0.257 e. The van der Waals surface area contributed by atoms with Gasteiger partial charge in [0.25, 0.3) is 5.91 Å². The van der Waals surface area contributed by atoms with Crippen molar-refractivity contribution < 1.29 is 19.1 Å². The number of carbonyl (C=O) groups is 1. The van der Waals surface area contributed by atoms with Gasteiger partial charge in [-0.05, 0) is 60.7 Å². The fourth-order valence-corrected chi connectivity index (χ4v) is 3.07. The number of methoxy groups -OCH3 is 1. The second kappa shape index (κ2) is 8.22. The third kappa shape index (κ3) is 4.08. The zero-order valence-electron chi connectivity index (χ0n) is 15.9. The molecule has 3 N–H and O–H groups in total. The molecule has 4 aromatic rings. The van der Waals surface area contributed by atoms with Gasteiger partial charge in [0.2, 0.25) is 5.89 Å². The van der Waals surface area contributed by atoms with Crippen molar-refractivity contribution in [1.29, 1.82) is 0 Å². The van der Waals surface area contributed by atoms with E-state index in [1.165, 1.54) is 6.07 Å². The number of rotatable bonds is 4. The normalized spacial score (nSPS) is 10.6. The number of amides is 1. The van der Waals surface area contributed by atoms with Crippen molar-refractivity contribution in [2.45, 2.75) is 0 Å². The lowest BCUT2D eigenvalue weighted by atomic mass is 10.2. The van der Waals surface area contributed by atoms with Gasteiger partial charge in [-0.3, -0.25) is 10.1 Å². The van der Waals surface area contributed by atoms with Crippen molar-refractivity contribution in [3.8, 4) is 23.0 Å². The maximum atomic E-state index is 12.3. The Morgan fingerprint density at radius 2 is 1.87 bits per heavy atom. The summed E-state index contributed by atoms with van der Waals surface area (Å²) in [6.07, 6.45) is 0. The number of phenols is 1. The number of benzene rings is 3. The van der Waals surface area contributed by atoms with E-state index in [1.807, 2.05) is 24.3 Å². The van der Waals surface area contributed by atoms with Crippen LogP contribution in [0.3, 0.4) is 0 Å². The molecule has 0 bridgehead atoms. The Kier molecular flexibility index (Phi) is 5.32. The Bertz CT molecular complexity index is 1200. The Hall–Kier alpha value is -3.91. The van der Waals surface area contributed by atoms with Gasteiger partial charge < -0.3 is 19.6 Å². The molecule has 0 saturated heterocycles. The van der Waals surface area contributed by atoms with Gasteiger partial charge in [-0.25, -0.2) is 4.98 Å². The lowest BCUT2D eigenvalue weighted by molar-refractivity contribution is 0.0977. The molecule has 0 saturated carbocycles. The second-order valence-corrected chi connectivity index (χ2v) is 6.76. The summed E-state index contributed by atoms with van der Waals surface area (Å²) in [6.45, 7) is 0. The predicted molar refractivity (Wildman–Crippen MR) is 118 cm³/mol. The molecule has 0 fully saturated rings. The van der Waals surface area contributed by atoms with E-state index in [4.69, 9.17) is 21.4 Å². The number of carbonyl (C=O) groups excluding carboxylic acids is 1. The Balaban J connectivity index is 1.44. The summed E-state index contributed by atoms with van der Waals surface area (Å²) in [6, 6.07) is 18.9. The van der Waals surface area contributed by atoms with Crippen molar-refractivity contribution in [1.82, 2.24) is 10.3 Å². The van der Waals surface area contributed by atoms with Crippen LogP contribution in [-0.4, -0.2) is 28.2 Å². The summed E-state index contributed by atoms with van der Waals surface area (Å²) in [5.41, 5.74) is 2.74. The van der Waals surface area contributed by atoms with Crippen molar-refractivity contribution in [3.05, 3.63) is 72.3 Å². The molecule has 3 aromatic carbocycles. The summed E-state index contributed by atoms with van der Waals surface area (Å²) in [4.78, 5) is 16.7. The van der Waals surface area contributed by atoms with Crippen LogP contribution in [0.15, 0.2) is 71.1 Å². The number of thiocarbonyl (C=S) groups is 1. The number of hydrogen-bond donors (Lipinski definition) is 3. The number of aromatic hydroxyl groups is 1. The predicted octanol–water partition coefficient (Wildman–Crippen LogP) is 4.34.